The molecule has 72 valence electrons. The molecule has 2 aromatic rings. The van der Waals surface area contributed by atoms with Crippen LogP contribution in [-0.2, 0) is 6.54 Å². The third-order valence-corrected chi connectivity index (χ3v) is 2.73. The third kappa shape index (κ3) is 1.39. The second-order valence-electron chi connectivity index (χ2n) is 3.81. The topological polar surface area (TPSA) is 3.88 Å². The van der Waals surface area contributed by atoms with Gasteiger partial charge in [0.05, 0.1) is 0 Å². The van der Waals surface area contributed by atoms with Crippen LogP contribution in [0.15, 0.2) is 30.5 Å². The van der Waals surface area contributed by atoms with Crippen LogP contribution in [0.25, 0.3) is 10.9 Å². The van der Waals surface area contributed by atoms with Gasteiger partial charge in [0.1, 0.15) is 6.54 Å². The molecule has 0 atom stereocenters. The van der Waals surface area contributed by atoms with Crippen molar-refractivity contribution in [3.05, 3.63) is 41.6 Å². The Balaban J connectivity index is 2.84. The Bertz CT molecular complexity index is 472. The van der Waals surface area contributed by atoms with E-state index < -0.39 is 0 Å². The van der Waals surface area contributed by atoms with Gasteiger partial charge in [-0.05, 0) is 32.4 Å². The van der Waals surface area contributed by atoms with Crippen molar-refractivity contribution in [1.82, 2.24) is 0 Å². The first-order valence-electron chi connectivity index (χ1n) is 5.12. The Morgan fingerprint density at radius 2 is 1.93 bits per heavy atom. The van der Waals surface area contributed by atoms with Crippen LogP contribution >= 0.6 is 0 Å². The molecule has 0 bridgehead atoms. The lowest BCUT2D eigenvalue weighted by atomic mass is 10.1. The maximum Gasteiger partial charge on any atom is 0.212 e. The van der Waals surface area contributed by atoms with Crippen LogP contribution in [0.5, 0.6) is 0 Å². The maximum atomic E-state index is 2.28. The molecule has 1 heteroatoms. The van der Waals surface area contributed by atoms with Gasteiger partial charge < -0.3 is 0 Å². The molecule has 0 fully saturated rings. The quantitative estimate of drug-likeness (QED) is 0.603. The second-order valence-corrected chi connectivity index (χ2v) is 3.81. The molecule has 0 aliphatic heterocycles. The summed E-state index contributed by atoms with van der Waals surface area (Å²) in [5.74, 6) is 0. The molecule has 1 nitrogen and oxygen atoms in total. The number of nitrogens with zero attached hydrogens (tertiary/aromatic N) is 1. The number of aromatic nitrogens is 1. The van der Waals surface area contributed by atoms with Crippen LogP contribution in [0.1, 0.15) is 18.1 Å². The van der Waals surface area contributed by atoms with E-state index >= 15 is 0 Å². The first-order valence-corrected chi connectivity index (χ1v) is 5.12. The third-order valence-electron chi connectivity index (χ3n) is 2.73. The summed E-state index contributed by atoms with van der Waals surface area (Å²) in [5, 5.41) is 1.37. The van der Waals surface area contributed by atoms with Crippen molar-refractivity contribution in [3.63, 3.8) is 0 Å². The summed E-state index contributed by atoms with van der Waals surface area (Å²) < 4.78 is 2.28. The van der Waals surface area contributed by atoms with Crippen molar-refractivity contribution in [2.24, 2.45) is 0 Å². The van der Waals surface area contributed by atoms with Crippen molar-refractivity contribution in [3.8, 4) is 0 Å². The van der Waals surface area contributed by atoms with E-state index in [1.165, 1.54) is 22.0 Å². The fraction of sp³-hybridized carbons (Fsp3) is 0.308. The van der Waals surface area contributed by atoms with Crippen LogP contribution in [0.3, 0.4) is 0 Å². The molecule has 0 N–H and O–H groups in total. The number of benzene rings is 1. The summed E-state index contributed by atoms with van der Waals surface area (Å²) in [6, 6.07) is 8.83. The standard InChI is InChI=1S/C13H16N/c1-4-14-8-7-11(3)12-9-10(2)5-6-13(12)14/h5-9H,4H2,1-3H3/q+1. The molecule has 0 aliphatic carbocycles. The Kier molecular flexibility index (Phi) is 2.24. The molecule has 1 aromatic heterocycles. The summed E-state index contributed by atoms with van der Waals surface area (Å²) in [5.41, 5.74) is 4.01. The van der Waals surface area contributed by atoms with Gasteiger partial charge in [-0.15, -0.1) is 0 Å². The molecule has 0 radical (unpaired) electrons. The SMILES string of the molecule is CC[n+]1ccc(C)c2cc(C)ccc21. The highest BCUT2D eigenvalue weighted by Gasteiger charge is 2.08. The van der Waals surface area contributed by atoms with Gasteiger partial charge in [-0.3, -0.25) is 0 Å². The maximum absolute atomic E-state index is 2.28. The highest BCUT2D eigenvalue weighted by molar-refractivity contribution is 5.79. The van der Waals surface area contributed by atoms with Crippen molar-refractivity contribution in [1.29, 1.82) is 0 Å². The van der Waals surface area contributed by atoms with E-state index in [4.69, 9.17) is 0 Å². The van der Waals surface area contributed by atoms with Crippen LogP contribution in [-0.4, -0.2) is 0 Å². The molecule has 0 saturated carbocycles. The number of rotatable bonds is 1. The van der Waals surface area contributed by atoms with Crippen LogP contribution in [0.4, 0.5) is 0 Å². The molecule has 0 aliphatic rings. The lowest BCUT2D eigenvalue weighted by Gasteiger charge is -2.02. The Morgan fingerprint density at radius 1 is 1.14 bits per heavy atom. The summed E-state index contributed by atoms with van der Waals surface area (Å²) >= 11 is 0. The van der Waals surface area contributed by atoms with Gasteiger partial charge in [-0.25, -0.2) is 0 Å². The summed E-state index contributed by atoms with van der Waals surface area (Å²) in [7, 11) is 0. The molecule has 0 unspecified atom stereocenters. The number of aryl methyl sites for hydroxylation is 3. The smallest absolute Gasteiger partial charge is 0.199 e. The van der Waals surface area contributed by atoms with E-state index in [1.807, 2.05) is 0 Å². The Labute approximate surface area is 85.0 Å². The fourth-order valence-corrected chi connectivity index (χ4v) is 1.86. The van der Waals surface area contributed by atoms with Crippen molar-refractivity contribution < 1.29 is 4.57 Å². The van der Waals surface area contributed by atoms with Gasteiger partial charge in [-0.1, -0.05) is 11.6 Å². The molecule has 0 spiro atoms. The van der Waals surface area contributed by atoms with Gasteiger partial charge in [0.2, 0.25) is 5.52 Å². The summed E-state index contributed by atoms with van der Waals surface area (Å²) in [4.78, 5) is 0. The first-order chi connectivity index (χ1) is 6.72. The lowest BCUT2D eigenvalue weighted by molar-refractivity contribution is -0.667. The highest BCUT2D eigenvalue weighted by Crippen LogP contribution is 2.16. The predicted molar refractivity (Wildman–Crippen MR) is 59.3 cm³/mol. The minimum Gasteiger partial charge on any atom is -0.199 e. The molecule has 2 rings (SSSR count). The van der Waals surface area contributed by atoms with Crippen LogP contribution in [0, 0.1) is 13.8 Å². The average molecular weight is 186 g/mol. The molecular formula is C13H16N+. The second kappa shape index (κ2) is 3.41. The van der Waals surface area contributed by atoms with Crippen molar-refractivity contribution in [2.75, 3.05) is 0 Å². The number of fused-ring (bicyclic) bond motifs is 1. The average Bonchev–Trinajstić information content (AvgIpc) is 2.19. The van der Waals surface area contributed by atoms with Crippen LogP contribution < -0.4 is 4.57 Å². The predicted octanol–water partition coefficient (Wildman–Crippen LogP) is 2.76. The summed E-state index contributed by atoms with van der Waals surface area (Å²) in [6.45, 7) is 7.51. The molecule has 1 heterocycles. The fourth-order valence-electron chi connectivity index (χ4n) is 1.86. The summed E-state index contributed by atoms with van der Waals surface area (Å²) in [6.07, 6.45) is 2.16. The lowest BCUT2D eigenvalue weighted by Crippen LogP contribution is -2.32. The zero-order valence-electron chi connectivity index (χ0n) is 9.04. The van der Waals surface area contributed by atoms with E-state index in [0.717, 1.165) is 6.54 Å². The van der Waals surface area contributed by atoms with E-state index in [-0.39, 0.29) is 0 Å². The normalized spacial score (nSPS) is 10.8. The van der Waals surface area contributed by atoms with Crippen molar-refractivity contribution >= 4 is 10.9 Å². The Morgan fingerprint density at radius 3 is 2.64 bits per heavy atom. The van der Waals surface area contributed by atoms with E-state index in [0.29, 0.717) is 0 Å². The van der Waals surface area contributed by atoms with E-state index in [9.17, 15) is 0 Å². The van der Waals surface area contributed by atoms with Gasteiger partial charge >= 0.3 is 0 Å². The molecule has 14 heavy (non-hydrogen) atoms. The largest absolute Gasteiger partial charge is 0.212 e. The minimum atomic E-state index is 1.03. The first kappa shape index (κ1) is 9.20. The molecule has 1 aromatic carbocycles. The van der Waals surface area contributed by atoms with E-state index in [1.54, 1.807) is 0 Å². The van der Waals surface area contributed by atoms with Gasteiger partial charge in [0.25, 0.3) is 0 Å². The Hall–Kier alpha value is -1.37. The van der Waals surface area contributed by atoms with E-state index in [2.05, 4.69) is 55.8 Å². The minimum absolute atomic E-state index is 1.03. The molecule has 0 amide bonds. The van der Waals surface area contributed by atoms with Gasteiger partial charge in [0.15, 0.2) is 6.20 Å². The molecule has 0 saturated heterocycles. The zero-order chi connectivity index (χ0) is 10.1. The number of hydrogen-bond acceptors (Lipinski definition) is 0. The number of hydrogen-bond donors (Lipinski definition) is 0. The molecular weight excluding hydrogens is 170 g/mol. The van der Waals surface area contributed by atoms with Crippen molar-refractivity contribution in [2.45, 2.75) is 27.3 Å². The monoisotopic (exact) mass is 186 g/mol. The van der Waals surface area contributed by atoms with Gasteiger partial charge in [-0.2, -0.15) is 4.57 Å². The van der Waals surface area contributed by atoms with Crippen LogP contribution in [0.2, 0.25) is 0 Å². The van der Waals surface area contributed by atoms with Gasteiger partial charge in [0, 0.05) is 17.5 Å². The number of pyridine rings is 1. The highest BCUT2D eigenvalue weighted by atomic mass is 14.9. The zero-order valence-corrected chi connectivity index (χ0v) is 9.04.